The molecule has 1 rings (SSSR count). The average molecular weight is 362 g/mol. The molecule has 0 aliphatic carbocycles. The summed E-state index contributed by atoms with van der Waals surface area (Å²) in [5.41, 5.74) is 0.808. The molecule has 0 aliphatic rings. The van der Waals surface area contributed by atoms with Crippen molar-refractivity contribution in [1.82, 2.24) is 10.6 Å². The lowest BCUT2D eigenvalue weighted by atomic mass is 10.2. The van der Waals surface area contributed by atoms with Crippen LogP contribution in [0.2, 0.25) is 0 Å². The third kappa shape index (κ3) is 7.59. The summed E-state index contributed by atoms with van der Waals surface area (Å²) in [6, 6.07) is 4.91. The minimum Gasteiger partial charge on any atom is -0.493 e. The highest BCUT2D eigenvalue weighted by atomic mass is 16.5. The molecular formula is C20H30N2O4. The van der Waals surface area contributed by atoms with Crippen molar-refractivity contribution in [1.29, 1.82) is 0 Å². The number of methoxy groups -OCH3 is 1. The van der Waals surface area contributed by atoms with Crippen molar-refractivity contribution < 1.29 is 19.1 Å². The van der Waals surface area contributed by atoms with Crippen molar-refractivity contribution in [2.24, 2.45) is 0 Å². The van der Waals surface area contributed by atoms with Gasteiger partial charge in [0, 0.05) is 12.6 Å². The van der Waals surface area contributed by atoms with Crippen LogP contribution in [0.5, 0.6) is 11.5 Å². The molecule has 1 atom stereocenters. The van der Waals surface area contributed by atoms with Crippen LogP contribution < -0.4 is 20.1 Å². The van der Waals surface area contributed by atoms with Gasteiger partial charge in [-0.05, 0) is 43.5 Å². The summed E-state index contributed by atoms with van der Waals surface area (Å²) in [6.45, 7) is 6.97. The highest BCUT2D eigenvalue weighted by Gasteiger charge is 2.13. The first-order valence-corrected chi connectivity index (χ1v) is 9.08. The zero-order chi connectivity index (χ0) is 19.4. The molecule has 1 aromatic rings. The number of nitrogens with one attached hydrogen (secondary N) is 2. The predicted molar refractivity (Wildman–Crippen MR) is 103 cm³/mol. The topological polar surface area (TPSA) is 76.7 Å². The zero-order valence-electron chi connectivity index (χ0n) is 16.1. The maximum atomic E-state index is 12.0. The second-order valence-corrected chi connectivity index (χ2v) is 5.97. The van der Waals surface area contributed by atoms with Crippen LogP contribution in [0, 0.1) is 0 Å². The molecule has 26 heavy (non-hydrogen) atoms. The molecule has 0 saturated heterocycles. The van der Waals surface area contributed by atoms with Crippen molar-refractivity contribution in [3.63, 3.8) is 0 Å². The van der Waals surface area contributed by atoms with Gasteiger partial charge in [-0.3, -0.25) is 9.59 Å². The first-order valence-electron chi connectivity index (χ1n) is 9.08. The van der Waals surface area contributed by atoms with Gasteiger partial charge in [0.1, 0.15) is 6.04 Å². The quantitative estimate of drug-likeness (QED) is 0.469. The Hall–Kier alpha value is -2.50. The van der Waals surface area contributed by atoms with E-state index in [0.717, 1.165) is 24.8 Å². The lowest BCUT2D eigenvalue weighted by Gasteiger charge is -2.12. The van der Waals surface area contributed by atoms with E-state index in [1.807, 2.05) is 25.1 Å². The first kappa shape index (κ1) is 21.5. The van der Waals surface area contributed by atoms with E-state index < -0.39 is 6.04 Å². The summed E-state index contributed by atoms with van der Waals surface area (Å²) in [4.78, 5) is 23.7. The molecule has 0 saturated carbocycles. The molecule has 0 fully saturated rings. The Bertz CT molecular complexity index is 614. The van der Waals surface area contributed by atoms with Gasteiger partial charge in [0.05, 0.1) is 13.7 Å². The fourth-order valence-corrected chi connectivity index (χ4v) is 2.13. The van der Waals surface area contributed by atoms with Gasteiger partial charge in [-0.2, -0.15) is 0 Å². The number of ether oxygens (including phenoxy) is 2. The molecule has 2 amide bonds. The predicted octanol–water partition coefficient (Wildman–Crippen LogP) is 2.92. The molecule has 1 aromatic carbocycles. The number of benzene rings is 1. The van der Waals surface area contributed by atoms with E-state index in [9.17, 15) is 9.59 Å². The molecule has 0 radical (unpaired) electrons. The maximum absolute atomic E-state index is 12.0. The van der Waals surface area contributed by atoms with E-state index in [4.69, 9.17) is 9.47 Å². The van der Waals surface area contributed by atoms with E-state index in [-0.39, 0.29) is 11.8 Å². The normalized spacial score (nSPS) is 11.8. The van der Waals surface area contributed by atoms with Crippen LogP contribution in [0.4, 0.5) is 0 Å². The van der Waals surface area contributed by atoms with Crippen molar-refractivity contribution in [2.45, 2.75) is 46.1 Å². The minimum absolute atomic E-state index is 0.191. The molecular weight excluding hydrogens is 332 g/mol. The molecule has 0 aliphatic heterocycles. The number of carbonyl (C=O) groups is 2. The summed E-state index contributed by atoms with van der Waals surface area (Å²) in [5.74, 6) is 0.787. The number of unbranched alkanes of at least 4 members (excludes halogenated alkanes) is 1. The summed E-state index contributed by atoms with van der Waals surface area (Å²) in [7, 11) is 1.58. The fraction of sp³-hybridized carbons (Fsp3) is 0.500. The van der Waals surface area contributed by atoms with Crippen LogP contribution in [-0.2, 0) is 9.59 Å². The second-order valence-electron chi connectivity index (χ2n) is 5.97. The molecule has 0 heterocycles. The standard InChI is InChI=1S/C20H30N2O4/c1-5-7-13-26-17-10-8-16(14-18(17)25-4)9-11-19(23)22-15(3)20(24)21-12-6-2/h8-11,14-15H,5-7,12-13H2,1-4H3,(H,21,24)(H,22,23)/b11-9+. The Morgan fingerprint density at radius 3 is 2.62 bits per heavy atom. The molecule has 1 unspecified atom stereocenters. The van der Waals surface area contributed by atoms with Gasteiger partial charge >= 0.3 is 0 Å². The van der Waals surface area contributed by atoms with Crippen LogP contribution >= 0.6 is 0 Å². The molecule has 0 aromatic heterocycles. The van der Waals surface area contributed by atoms with Crippen molar-refractivity contribution in [2.75, 3.05) is 20.3 Å². The zero-order valence-corrected chi connectivity index (χ0v) is 16.1. The van der Waals surface area contributed by atoms with Gasteiger partial charge in [-0.1, -0.05) is 26.3 Å². The third-order valence-corrected chi connectivity index (χ3v) is 3.67. The van der Waals surface area contributed by atoms with Crippen molar-refractivity contribution in [3.8, 4) is 11.5 Å². The fourth-order valence-electron chi connectivity index (χ4n) is 2.13. The van der Waals surface area contributed by atoms with Gasteiger partial charge in [0.25, 0.3) is 0 Å². The number of hydrogen-bond acceptors (Lipinski definition) is 4. The van der Waals surface area contributed by atoms with Crippen LogP contribution in [0.15, 0.2) is 24.3 Å². The third-order valence-electron chi connectivity index (χ3n) is 3.67. The van der Waals surface area contributed by atoms with E-state index in [1.165, 1.54) is 6.08 Å². The smallest absolute Gasteiger partial charge is 0.244 e. The highest BCUT2D eigenvalue weighted by molar-refractivity contribution is 5.95. The molecule has 0 bridgehead atoms. The highest BCUT2D eigenvalue weighted by Crippen LogP contribution is 2.28. The Labute approximate surface area is 156 Å². The second kappa shape index (κ2) is 12.0. The van der Waals surface area contributed by atoms with Crippen LogP contribution in [-0.4, -0.2) is 38.1 Å². The van der Waals surface area contributed by atoms with E-state index in [1.54, 1.807) is 20.1 Å². The summed E-state index contributed by atoms with van der Waals surface area (Å²) in [5, 5.41) is 5.38. The SMILES string of the molecule is CCCCOc1ccc(/C=C/C(=O)NC(C)C(=O)NCCC)cc1OC. The monoisotopic (exact) mass is 362 g/mol. The summed E-state index contributed by atoms with van der Waals surface area (Å²) < 4.78 is 11.0. The lowest BCUT2D eigenvalue weighted by molar-refractivity contribution is -0.126. The number of rotatable bonds is 11. The minimum atomic E-state index is -0.581. The van der Waals surface area contributed by atoms with E-state index in [0.29, 0.717) is 24.7 Å². The summed E-state index contributed by atoms with van der Waals surface area (Å²) >= 11 is 0. The first-order chi connectivity index (χ1) is 12.5. The Morgan fingerprint density at radius 2 is 1.96 bits per heavy atom. The van der Waals surface area contributed by atoms with Gasteiger partial charge in [-0.15, -0.1) is 0 Å². The Morgan fingerprint density at radius 1 is 1.19 bits per heavy atom. The van der Waals surface area contributed by atoms with Gasteiger partial charge in [0.15, 0.2) is 11.5 Å². The largest absolute Gasteiger partial charge is 0.493 e. The van der Waals surface area contributed by atoms with Gasteiger partial charge in [-0.25, -0.2) is 0 Å². The summed E-state index contributed by atoms with van der Waals surface area (Å²) in [6.07, 6.45) is 5.97. The van der Waals surface area contributed by atoms with Gasteiger partial charge < -0.3 is 20.1 Å². The number of hydrogen-bond donors (Lipinski definition) is 2. The van der Waals surface area contributed by atoms with E-state index in [2.05, 4.69) is 17.6 Å². The van der Waals surface area contributed by atoms with Crippen LogP contribution in [0.3, 0.4) is 0 Å². The number of amides is 2. The van der Waals surface area contributed by atoms with Crippen LogP contribution in [0.25, 0.3) is 6.08 Å². The van der Waals surface area contributed by atoms with Gasteiger partial charge in [0.2, 0.25) is 11.8 Å². The molecule has 6 nitrogen and oxygen atoms in total. The lowest BCUT2D eigenvalue weighted by Crippen LogP contribution is -2.44. The average Bonchev–Trinajstić information content (AvgIpc) is 2.65. The molecule has 144 valence electrons. The Balaban J connectivity index is 2.63. The Kier molecular flexibility index (Phi) is 9.90. The molecule has 0 spiro atoms. The maximum Gasteiger partial charge on any atom is 0.244 e. The van der Waals surface area contributed by atoms with Crippen molar-refractivity contribution >= 4 is 17.9 Å². The van der Waals surface area contributed by atoms with Crippen LogP contribution in [0.1, 0.15) is 45.6 Å². The van der Waals surface area contributed by atoms with Crippen molar-refractivity contribution in [3.05, 3.63) is 29.8 Å². The molecule has 6 heteroatoms. The number of carbonyl (C=O) groups excluding carboxylic acids is 2. The van der Waals surface area contributed by atoms with E-state index >= 15 is 0 Å². The molecule has 2 N–H and O–H groups in total.